The van der Waals surface area contributed by atoms with Crippen molar-refractivity contribution in [3.63, 3.8) is 0 Å². The number of nitrogens with one attached hydrogen (secondary N) is 3. The molecule has 2 rings (SSSR count). The fraction of sp³-hybridized carbons (Fsp3) is 0.576. The highest BCUT2D eigenvalue weighted by Gasteiger charge is 2.47. The first-order valence-corrected chi connectivity index (χ1v) is 15.2. The fourth-order valence-corrected chi connectivity index (χ4v) is 5.38. The molecule has 0 aliphatic carbocycles. The molecular weight excluding hydrogens is 605 g/mol. The molecule has 1 aromatic rings. The number of benzene rings is 1. The minimum Gasteiger partial charge on any atom is -0.356 e. The van der Waals surface area contributed by atoms with Gasteiger partial charge in [-0.3, -0.25) is 28.8 Å². The Morgan fingerprint density at radius 3 is 2.17 bits per heavy atom. The molecule has 0 bridgehead atoms. The first kappa shape index (κ1) is 38.2. The average Bonchev–Trinajstić information content (AvgIpc) is 2.96. The van der Waals surface area contributed by atoms with E-state index in [1.165, 1.54) is 39.0 Å². The van der Waals surface area contributed by atoms with E-state index in [1.807, 2.05) is 0 Å². The van der Waals surface area contributed by atoms with Crippen molar-refractivity contribution in [2.75, 3.05) is 13.1 Å². The summed E-state index contributed by atoms with van der Waals surface area (Å²) in [5.74, 6) is -6.54. The Labute approximate surface area is 267 Å². The van der Waals surface area contributed by atoms with Crippen LogP contribution in [-0.2, 0) is 24.0 Å². The minimum absolute atomic E-state index is 0.0147. The number of amides is 4. The quantitative estimate of drug-likeness (QED) is 0.159. The van der Waals surface area contributed by atoms with Crippen LogP contribution in [0.4, 0.5) is 13.2 Å². The second-order valence-corrected chi connectivity index (χ2v) is 13.4. The molecule has 0 saturated carbocycles. The molecule has 4 amide bonds. The van der Waals surface area contributed by atoms with Crippen LogP contribution in [0.2, 0.25) is 0 Å². The molecular formula is C33H45F3N4O6. The van der Waals surface area contributed by atoms with Crippen molar-refractivity contribution in [3.8, 4) is 0 Å². The van der Waals surface area contributed by atoms with Crippen molar-refractivity contribution in [2.24, 2.45) is 16.7 Å². The number of hydrogen-bond donors (Lipinski definition) is 3. The molecule has 3 N–H and O–H groups in total. The Kier molecular flexibility index (Phi) is 12.9. The Balaban J connectivity index is 2.56. The molecule has 46 heavy (non-hydrogen) atoms. The molecule has 1 aliphatic heterocycles. The number of nitrogens with zero attached hydrogens (tertiary/aromatic N) is 1. The highest BCUT2D eigenvalue weighted by Crippen LogP contribution is 2.33. The number of piperidine rings is 1. The number of alkyl halides is 3. The predicted octanol–water partition coefficient (Wildman–Crippen LogP) is 3.75. The number of halogens is 3. The van der Waals surface area contributed by atoms with Crippen LogP contribution in [0, 0.1) is 16.7 Å². The minimum atomic E-state index is -5.26. The standard InChI is InChI=1S/C33H45F3N4O6/c1-8-17-40(28(44)26(31(4,5)6)39-30(46)33(34,35)36)23(18-20(2)3)27(43)38-22(19-32(7)15-12-16-37-29(32)45)25(42)24(41)21-13-10-9-11-14-21/h8-11,13-14,20,22-23,26H,1,12,15-19H2,2-7H3,(H,37,45)(H,38,43)(H,39,46)/t22?,23-,26+,32+/m0/s1. The molecule has 13 heteroatoms. The van der Waals surface area contributed by atoms with Crippen LogP contribution in [0.1, 0.15) is 77.6 Å². The molecule has 1 aromatic carbocycles. The summed E-state index contributed by atoms with van der Waals surface area (Å²) in [6, 6.07) is 3.21. The molecule has 1 fully saturated rings. The van der Waals surface area contributed by atoms with E-state index in [4.69, 9.17) is 0 Å². The Morgan fingerprint density at radius 2 is 1.67 bits per heavy atom. The van der Waals surface area contributed by atoms with Gasteiger partial charge in [0.15, 0.2) is 0 Å². The molecule has 1 unspecified atom stereocenters. The van der Waals surface area contributed by atoms with Crippen LogP contribution in [0.3, 0.4) is 0 Å². The molecule has 254 valence electrons. The molecule has 0 aromatic heterocycles. The van der Waals surface area contributed by atoms with E-state index in [1.54, 1.807) is 44.3 Å². The maximum atomic E-state index is 14.1. The van der Waals surface area contributed by atoms with Crippen LogP contribution < -0.4 is 16.0 Å². The van der Waals surface area contributed by atoms with E-state index in [2.05, 4.69) is 17.2 Å². The fourth-order valence-electron chi connectivity index (χ4n) is 5.38. The van der Waals surface area contributed by atoms with Gasteiger partial charge in [0.1, 0.15) is 12.1 Å². The number of carbonyl (C=O) groups excluding carboxylic acids is 6. The maximum absolute atomic E-state index is 14.1. The van der Waals surface area contributed by atoms with Gasteiger partial charge < -0.3 is 20.9 Å². The summed E-state index contributed by atoms with van der Waals surface area (Å²) in [5.41, 5.74) is -2.23. The molecule has 1 saturated heterocycles. The smallest absolute Gasteiger partial charge is 0.356 e. The summed E-state index contributed by atoms with van der Waals surface area (Å²) in [6.45, 7) is 13.4. The van der Waals surface area contributed by atoms with Crippen LogP contribution in [0.25, 0.3) is 0 Å². The van der Waals surface area contributed by atoms with Crippen molar-refractivity contribution < 1.29 is 41.9 Å². The number of ketones is 2. The summed E-state index contributed by atoms with van der Waals surface area (Å²) in [5, 5.41) is 7.15. The van der Waals surface area contributed by atoms with Gasteiger partial charge in [0, 0.05) is 24.1 Å². The van der Waals surface area contributed by atoms with Crippen molar-refractivity contribution in [2.45, 2.75) is 91.5 Å². The van der Waals surface area contributed by atoms with Gasteiger partial charge in [-0.1, -0.05) is 78.0 Å². The topological polar surface area (TPSA) is 142 Å². The Bertz CT molecular complexity index is 1310. The summed E-state index contributed by atoms with van der Waals surface area (Å²) in [6.07, 6.45) is -3.17. The third-order valence-corrected chi connectivity index (χ3v) is 7.91. The van der Waals surface area contributed by atoms with E-state index < -0.39 is 64.4 Å². The molecule has 1 aliphatic rings. The van der Waals surface area contributed by atoms with Gasteiger partial charge in [0.05, 0.1) is 6.04 Å². The zero-order valence-corrected chi connectivity index (χ0v) is 27.3. The van der Waals surface area contributed by atoms with E-state index in [-0.39, 0.29) is 36.8 Å². The summed E-state index contributed by atoms with van der Waals surface area (Å²) in [4.78, 5) is 80.8. The van der Waals surface area contributed by atoms with E-state index in [0.29, 0.717) is 19.4 Å². The third kappa shape index (κ3) is 9.98. The average molecular weight is 651 g/mol. The maximum Gasteiger partial charge on any atom is 0.471 e. The SMILES string of the molecule is C=CCN(C(=O)[C@@H](NC(=O)C(F)(F)F)C(C)(C)C)[C@@H](CC(C)C)C(=O)NC(C[C@@]1(C)CCCNC1=O)C(=O)C(=O)c1ccccc1. The number of Topliss-reactive ketones (excluding diaryl/α,β-unsaturated/α-hetero) is 2. The van der Waals surface area contributed by atoms with Gasteiger partial charge in [-0.25, -0.2) is 0 Å². The largest absolute Gasteiger partial charge is 0.471 e. The van der Waals surface area contributed by atoms with Crippen LogP contribution in [0.5, 0.6) is 0 Å². The van der Waals surface area contributed by atoms with Gasteiger partial charge in [0.2, 0.25) is 29.3 Å². The predicted molar refractivity (Wildman–Crippen MR) is 165 cm³/mol. The van der Waals surface area contributed by atoms with Gasteiger partial charge in [-0.05, 0) is 37.0 Å². The highest BCUT2D eigenvalue weighted by molar-refractivity contribution is 6.45. The first-order valence-electron chi connectivity index (χ1n) is 15.2. The van der Waals surface area contributed by atoms with Gasteiger partial charge in [-0.15, -0.1) is 6.58 Å². The number of hydrogen-bond acceptors (Lipinski definition) is 6. The van der Waals surface area contributed by atoms with Gasteiger partial charge in [-0.2, -0.15) is 13.2 Å². The van der Waals surface area contributed by atoms with Gasteiger partial charge >= 0.3 is 12.1 Å². The summed E-state index contributed by atoms with van der Waals surface area (Å²) < 4.78 is 39.7. The Hall–Kier alpha value is -4.03. The first-order chi connectivity index (χ1) is 21.2. The normalized spacial score (nSPS) is 18.9. The monoisotopic (exact) mass is 650 g/mol. The zero-order valence-electron chi connectivity index (χ0n) is 27.3. The number of carbonyl (C=O) groups is 6. The second-order valence-electron chi connectivity index (χ2n) is 13.4. The lowest BCUT2D eigenvalue weighted by Gasteiger charge is -2.39. The zero-order chi connectivity index (χ0) is 35.0. The van der Waals surface area contributed by atoms with Crippen molar-refractivity contribution in [1.29, 1.82) is 0 Å². The van der Waals surface area contributed by atoms with Crippen LogP contribution in [-0.4, -0.2) is 77.5 Å². The number of rotatable bonds is 14. The lowest BCUT2D eigenvalue weighted by atomic mass is 9.75. The van der Waals surface area contributed by atoms with E-state index in [0.717, 1.165) is 4.90 Å². The molecule has 1 heterocycles. The van der Waals surface area contributed by atoms with Crippen LogP contribution >= 0.6 is 0 Å². The molecule has 0 radical (unpaired) electrons. The highest BCUT2D eigenvalue weighted by atomic mass is 19.4. The third-order valence-electron chi connectivity index (χ3n) is 7.91. The van der Waals surface area contributed by atoms with Crippen molar-refractivity contribution in [1.82, 2.24) is 20.9 Å². The molecule has 0 spiro atoms. The second kappa shape index (κ2) is 15.5. The lowest BCUT2D eigenvalue weighted by Crippen LogP contribution is -2.62. The van der Waals surface area contributed by atoms with E-state index in [9.17, 15) is 41.9 Å². The van der Waals surface area contributed by atoms with E-state index >= 15 is 0 Å². The summed E-state index contributed by atoms with van der Waals surface area (Å²) in [7, 11) is 0. The molecule has 4 atom stereocenters. The lowest BCUT2D eigenvalue weighted by molar-refractivity contribution is -0.176. The molecule has 10 nitrogen and oxygen atoms in total. The van der Waals surface area contributed by atoms with Crippen molar-refractivity contribution in [3.05, 3.63) is 48.6 Å². The summed E-state index contributed by atoms with van der Waals surface area (Å²) >= 11 is 0. The van der Waals surface area contributed by atoms with Gasteiger partial charge in [0.25, 0.3) is 0 Å². The van der Waals surface area contributed by atoms with Crippen molar-refractivity contribution >= 4 is 35.2 Å². The van der Waals surface area contributed by atoms with Crippen LogP contribution in [0.15, 0.2) is 43.0 Å². The Morgan fingerprint density at radius 1 is 1.07 bits per heavy atom.